The summed E-state index contributed by atoms with van der Waals surface area (Å²) in [5, 5.41) is 5.47. The van der Waals surface area contributed by atoms with Crippen molar-refractivity contribution in [3.05, 3.63) is 119 Å². The Labute approximate surface area is 228 Å². The predicted octanol–water partition coefficient (Wildman–Crippen LogP) is 7.50. The van der Waals surface area contributed by atoms with Gasteiger partial charge in [-0.3, -0.25) is 4.79 Å². The molecule has 0 radical (unpaired) electrons. The monoisotopic (exact) mass is 520 g/mol. The van der Waals surface area contributed by atoms with Crippen LogP contribution in [0.25, 0.3) is 54.6 Å². The van der Waals surface area contributed by atoms with Crippen LogP contribution < -0.4 is 0 Å². The van der Waals surface area contributed by atoms with Crippen LogP contribution in [-0.2, 0) is 16.1 Å². The van der Waals surface area contributed by atoms with Crippen molar-refractivity contribution in [3.8, 4) is 22.3 Å². The fourth-order valence-corrected chi connectivity index (χ4v) is 6.34. The fourth-order valence-electron chi connectivity index (χ4n) is 6.34. The highest BCUT2D eigenvalue weighted by molar-refractivity contribution is 6.25. The largest absolute Gasteiger partial charge is 0.457 e. The topological polar surface area (TPSA) is 69.7 Å². The first-order valence-electron chi connectivity index (χ1n) is 13.1. The van der Waals surface area contributed by atoms with Gasteiger partial charge in [-0.25, -0.2) is 9.59 Å². The minimum atomic E-state index is -0.551. The molecular formula is C35H20O5. The number of fused-ring (bicyclic) bond motifs is 5. The molecule has 0 fully saturated rings. The molecule has 0 bridgehead atoms. The van der Waals surface area contributed by atoms with Crippen molar-refractivity contribution in [2.45, 2.75) is 6.61 Å². The lowest BCUT2D eigenvalue weighted by Crippen LogP contribution is -2.25. The zero-order valence-corrected chi connectivity index (χ0v) is 21.2. The Kier molecular flexibility index (Phi) is 4.73. The number of benzene rings is 6. The first-order valence-corrected chi connectivity index (χ1v) is 13.1. The van der Waals surface area contributed by atoms with Crippen molar-refractivity contribution in [1.29, 1.82) is 0 Å². The Bertz CT molecular complexity index is 2110. The van der Waals surface area contributed by atoms with E-state index in [1.165, 1.54) is 0 Å². The van der Waals surface area contributed by atoms with Crippen LogP contribution in [-0.4, -0.2) is 24.3 Å². The van der Waals surface area contributed by atoms with E-state index in [-0.39, 0.29) is 24.6 Å². The van der Waals surface area contributed by atoms with Crippen LogP contribution in [0.5, 0.6) is 0 Å². The maximum absolute atomic E-state index is 13.5. The van der Waals surface area contributed by atoms with E-state index in [4.69, 9.17) is 9.47 Å². The molecule has 6 aromatic rings. The Morgan fingerprint density at radius 2 is 1.00 bits per heavy atom. The summed E-state index contributed by atoms with van der Waals surface area (Å²) >= 11 is 0. The molecule has 0 saturated heterocycles. The molecule has 0 unspecified atom stereocenters. The number of hydrogen-bond acceptors (Lipinski definition) is 5. The summed E-state index contributed by atoms with van der Waals surface area (Å²) in [6.45, 7) is -0.165. The van der Waals surface area contributed by atoms with Crippen molar-refractivity contribution >= 4 is 50.0 Å². The number of esters is 2. The van der Waals surface area contributed by atoms with Crippen LogP contribution in [0.3, 0.4) is 0 Å². The Morgan fingerprint density at radius 3 is 1.68 bits per heavy atom. The zero-order valence-electron chi connectivity index (χ0n) is 21.2. The van der Waals surface area contributed by atoms with Crippen LogP contribution in [0, 0.1) is 0 Å². The van der Waals surface area contributed by atoms with Gasteiger partial charge in [0.1, 0.15) is 6.61 Å². The van der Waals surface area contributed by atoms with Crippen LogP contribution in [0.15, 0.2) is 97.1 Å². The molecule has 190 valence electrons. The minimum absolute atomic E-state index is 0.143. The second-order valence-corrected chi connectivity index (χ2v) is 10.2. The summed E-state index contributed by atoms with van der Waals surface area (Å²) in [7, 11) is 0. The molecule has 0 N–H and O–H groups in total. The molecule has 0 aliphatic carbocycles. The molecule has 5 nitrogen and oxygen atoms in total. The van der Waals surface area contributed by atoms with E-state index in [9.17, 15) is 14.4 Å². The van der Waals surface area contributed by atoms with Gasteiger partial charge in [-0.2, -0.15) is 0 Å². The Hall–Kier alpha value is -5.29. The summed E-state index contributed by atoms with van der Waals surface area (Å²) < 4.78 is 10.8. The lowest BCUT2D eigenvalue weighted by atomic mass is 9.80. The second-order valence-electron chi connectivity index (χ2n) is 10.2. The van der Waals surface area contributed by atoms with E-state index < -0.39 is 11.9 Å². The Morgan fingerprint density at radius 1 is 0.450 bits per heavy atom. The van der Waals surface area contributed by atoms with Gasteiger partial charge in [-0.15, -0.1) is 0 Å². The Balaban J connectivity index is 1.62. The van der Waals surface area contributed by atoms with E-state index in [1.807, 2.05) is 91.0 Å². The van der Waals surface area contributed by atoms with Crippen molar-refractivity contribution in [2.24, 2.45) is 0 Å². The van der Waals surface area contributed by atoms with Gasteiger partial charge >= 0.3 is 11.9 Å². The highest BCUT2D eigenvalue weighted by Crippen LogP contribution is 2.47. The quantitative estimate of drug-likeness (QED) is 0.221. The van der Waals surface area contributed by atoms with Gasteiger partial charge in [0.2, 0.25) is 5.78 Å². The maximum atomic E-state index is 13.5. The first-order chi connectivity index (χ1) is 19.6. The summed E-state index contributed by atoms with van der Waals surface area (Å²) in [5.41, 5.74) is 4.89. The zero-order chi connectivity index (χ0) is 27.0. The molecule has 0 aromatic heterocycles. The van der Waals surface area contributed by atoms with Gasteiger partial charge in [0, 0.05) is 22.3 Å². The van der Waals surface area contributed by atoms with Crippen LogP contribution in [0.4, 0.5) is 0 Å². The lowest BCUT2D eigenvalue weighted by molar-refractivity contribution is 0.0443. The molecule has 0 saturated carbocycles. The number of carbonyl (C=O) groups is 3. The molecular weight excluding hydrogens is 500 g/mol. The minimum Gasteiger partial charge on any atom is -0.457 e. The van der Waals surface area contributed by atoms with Crippen molar-refractivity contribution < 1.29 is 23.9 Å². The average molecular weight is 521 g/mol. The molecule has 2 heterocycles. The third-order valence-corrected chi connectivity index (χ3v) is 8.04. The number of ketones is 1. The van der Waals surface area contributed by atoms with E-state index in [1.54, 1.807) is 6.07 Å². The van der Waals surface area contributed by atoms with Crippen LogP contribution in [0.1, 0.15) is 36.6 Å². The number of cyclic esters (lactones) is 2. The van der Waals surface area contributed by atoms with Gasteiger partial charge < -0.3 is 9.47 Å². The molecule has 8 rings (SSSR count). The normalized spacial score (nSPS) is 14.3. The number of Topliss-reactive ketones (excluding diaryl/α,β-unsaturated/α-hetero) is 1. The highest BCUT2D eigenvalue weighted by atomic mass is 16.5. The van der Waals surface area contributed by atoms with E-state index in [0.717, 1.165) is 43.6 Å². The lowest BCUT2D eigenvalue weighted by Gasteiger charge is -2.23. The summed E-state index contributed by atoms with van der Waals surface area (Å²) in [6, 6.07) is 31.6. The molecule has 40 heavy (non-hydrogen) atoms. The number of hydrogen-bond donors (Lipinski definition) is 0. The third-order valence-electron chi connectivity index (χ3n) is 8.04. The predicted molar refractivity (Wildman–Crippen MR) is 154 cm³/mol. The van der Waals surface area contributed by atoms with E-state index >= 15 is 0 Å². The third kappa shape index (κ3) is 3.12. The summed E-state index contributed by atoms with van der Waals surface area (Å²) in [6.07, 6.45) is 0. The van der Waals surface area contributed by atoms with E-state index in [0.29, 0.717) is 27.6 Å². The molecule has 0 amide bonds. The van der Waals surface area contributed by atoms with Gasteiger partial charge in [0.25, 0.3) is 0 Å². The second kappa shape index (κ2) is 8.35. The van der Waals surface area contributed by atoms with Gasteiger partial charge in [0.15, 0.2) is 6.61 Å². The number of carbonyl (C=O) groups excluding carboxylic acids is 3. The number of ether oxygens (including phenoxy) is 2. The molecule has 0 atom stereocenters. The van der Waals surface area contributed by atoms with Crippen LogP contribution in [0.2, 0.25) is 0 Å². The van der Waals surface area contributed by atoms with Crippen molar-refractivity contribution in [1.82, 2.24) is 0 Å². The fraction of sp³-hybridized carbons (Fsp3) is 0.0571. The van der Waals surface area contributed by atoms with Crippen molar-refractivity contribution in [2.75, 3.05) is 6.61 Å². The van der Waals surface area contributed by atoms with Gasteiger partial charge in [-0.1, -0.05) is 84.9 Å². The van der Waals surface area contributed by atoms with Gasteiger partial charge in [0.05, 0.1) is 11.1 Å². The van der Waals surface area contributed by atoms with Crippen LogP contribution >= 0.6 is 0 Å². The first kappa shape index (κ1) is 22.7. The summed E-state index contributed by atoms with van der Waals surface area (Å²) in [4.78, 5) is 39.9. The molecule has 5 heteroatoms. The maximum Gasteiger partial charge on any atom is 0.339 e. The molecule has 6 aromatic carbocycles. The average Bonchev–Trinajstić information content (AvgIpc) is 3.36. The number of rotatable bonds is 2. The van der Waals surface area contributed by atoms with Crippen molar-refractivity contribution in [3.63, 3.8) is 0 Å². The SMILES string of the molecule is O=C1OCC(=O)c2c1cc1c(-c3cccc4ccccc34)c3c(cc1c2-c1cccc2ccccc12)COC3=O. The molecule has 2 aliphatic rings. The van der Waals surface area contributed by atoms with E-state index in [2.05, 4.69) is 0 Å². The molecule has 0 spiro atoms. The smallest absolute Gasteiger partial charge is 0.339 e. The highest BCUT2D eigenvalue weighted by Gasteiger charge is 2.34. The molecule has 2 aliphatic heterocycles. The standard InChI is InChI=1S/C35H20O5/c36-29-18-40-34(37)28-16-27-26(32(33(28)29)25-14-6-10-20-8-2-4-12-23(20)25)15-21-17-39-35(38)30(21)31(27)24-13-5-9-19-7-1-3-11-22(19)24/h1-16H,17-18H2. The summed E-state index contributed by atoms with van der Waals surface area (Å²) in [5.74, 6) is -1.20. The van der Waals surface area contributed by atoms with Gasteiger partial charge in [-0.05, 0) is 55.6 Å².